The van der Waals surface area contributed by atoms with Crippen molar-refractivity contribution in [2.75, 3.05) is 17.2 Å². The van der Waals surface area contributed by atoms with E-state index in [0.717, 1.165) is 29.7 Å². The number of rotatable bonds is 8. The smallest absolute Gasteiger partial charge is 0.230 e. The second-order valence-electron chi connectivity index (χ2n) is 5.96. The number of amides is 2. The zero-order chi connectivity index (χ0) is 18.1. The normalized spacial score (nSPS) is 11.6. The lowest BCUT2D eigenvalue weighted by molar-refractivity contribution is -0.119. The maximum atomic E-state index is 12.3. The Bertz CT molecular complexity index is 704. The molecule has 0 fully saturated rings. The van der Waals surface area contributed by atoms with Crippen molar-refractivity contribution in [1.82, 2.24) is 5.32 Å². The average Bonchev–Trinajstić information content (AvgIpc) is 2.65. The van der Waals surface area contributed by atoms with Gasteiger partial charge in [0.15, 0.2) is 0 Å². The SMILES string of the molecule is CC(CCCNC(=O)CBr)C(=O)Nc1cccc(-c2ccccc2)c1. The summed E-state index contributed by atoms with van der Waals surface area (Å²) < 4.78 is 0. The molecule has 2 rings (SSSR count). The number of nitrogens with one attached hydrogen (secondary N) is 2. The molecule has 0 aromatic heterocycles. The van der Waals surface area contributed by atoms with Gasteiger partial charge in [-0.25, -0.2) is 0 Å². The van der Waals surface area contributed by atoms with Crippen molar-refractivity contribution in [2.45, 2.75) is 19.8 Å². The molecule has 1 atom stereocenters. The minimum absolute atomic E-state index is 0.00275. The van der Waals surface area contributed by atoms with Gasteiger partial charge in [-0.05, 0) is 36.1 Å². The molecule has 0 spiro atoms. The number of hydrogen-bond acceptors (Lipinski definition) is 2. The quantitative estimate of drug-likeness (QED) is 0.512. The molecule has 2 aromatic rings. The topological polar surface area (TPSA) is 58.2 Å². The Balaban J connectivity index is 1.86. The first kappa shape index (κ1) is 19.2. The van der Waals surface area contributed by atoms with Gasteiger partial charge in [-0.2, -0.15) is 0 Å². The van der Waals surface area contributed by atoms with Crippen LogP contribution in [0.15, 0.2) is 54.6 Å². The Morgan fingerprint density at radius 1 is 1.04 bits per heavy atom. The molecule has 0 aliphatic heterocycles. The summed E-state index contributed by atoms with van der Waals surface area (Å²) in [5, 5.41) is 6.07. The number of benzene rings is 2. The molecule has 1 unspecified atom stereocenters. The van der Waals surface area contributed by atoms with Gasteiger partial charge >= 0.3 is 0 Å². The van der Waals surface area contributed by atoms with E-state index in [9.17, 15) is 9.59 Å². The van der Waals surface area contributed by atoms with Crippen molar-refractivity contribution < 1.29 is 9.59 Å². The summed E-state index contributed by atoms with van der Waals surface area (Å²) in [4.78, 5) is 23.5. The molecule has 0 aliphatic carbocycles. The number of anilines is 1. The Morgan fingerprint density at radius 3 is 2.48 bits per heavy atom. The molecule has 4 nitrogen and oxygen atoms in total. The molecular formula is C20H23BrN2O2. The van der Waals surface area contributed by atoms with Crippen molar-refractivity contribution in [3.8, 4) is 11.1 Å². The van der Waals surface area contributed by atoms with Crippen LogP contribution < -0.4 is 10.6 Å². The summed E-state index contributed by atoms with van der Waals surface area (Å²) in [7, 11) is 0. The molecule has 0 radical (unpaired) electrons. The predicted octanol–water partition coefficient (Wildman–Crippen LogP) is 4.22. The molecule has 25 heavy (non-hydrogen) atoms. The van der Waals surface area contributed by atoms with Crippen molar-refractivity contribution in [2.24, 2.45) is 5.92 Å². The average molecular weight is 403 g/mol. The van der Waals surface area contributed by atoms with E-state index >= 15 is 0 Å². The molecule has 0 saturated heterocycles. The Labute approximate surface area is 157 Å². The van der Waals surface area contributed by atoms with Crippen molar-refractivity contribution in [3.05, 3.63) is 54.6 Å². The number of carbonyl (C=O) groups is 2. The van der Waals surface area contributed by atoms with Gasteiger partial charge in [-0.15, -0.1) is 0 Å². The molecule has 2 N–H and O–H groups in total. The zero-order valence-corrected chi connectivity index (χ0v) is 15.9. The van der Waals surface area contributed by atoms with E-state index in [-0.39, 0.29) is 17.7 Å². The molecule has 0 saturated carbocycles. The highest BCUT2D eigenvalue weighted by Crippen LogP contribution is 2.22. The van der Waals surface area contributed by atoms with Gasteiger partial charge in [0, 0.05) is 18.2 Å². The van der Waals surface area contributed by atoms with Crippen LogP contribution in [0.1, 0.15) is 19.8 Å². The van der Waals surface area contributed by atoms with Crippen LogP contribution in [0.4, 0.5) is 5.69 Å². The van der Waals surface area contributed by atoms with Crippen LogP contribution in [0.5, 0.6) is 0 Å². The molecule has 132 valence electrons. The largest absolute Gasteiger partial charge is 0.355 e. The summed E-state index contributed by atoms with van der Waals surface area (Å²) in [6, 6.07) is 17.9. The monoisotopic (exact) mass is 402 g/mol. The van der Waals surface area contributed by atoms with Crippen LogP contribution in [0.25, 0.3) is 11.1 Å². The maximum Gasteiger partial charge on any atom is 0.230 e. The maximum absolute atomic E-state index is 12.3. The van der Waals surface area contributed by atoms with Gasteiger partial charge in [0.2, 0.25) is 11.8 Å². The van der Waals surface area contributed by atoms with E-state index < -0.39 is 0 Å². The molecule has 2 amide bonds. The summed E-state index contributed by atoms with van der Waals surface area (Å²) in [6.07, 6.45) is 1.50. The van der Waals surface area contributed by atoms with Crippen LogP contribution in [0.2, 0.25) is 0 Å². The number of carbonyl (C=O) groups excluding carboxylic acids is 2. The van der Waals surface area contributed by atoms with Crippen LogP contribution in [0, 0.1) is 5.92 Å². The fraction of sp³-hybridized carbons (Fsp3) is 0.300. The van der Waals surface area contributed by atoms with Gasteiger partial charge in [-0.3, -0.25) is 9.59 Å². The Morgan fingerprint density at radius 2 is 1.76 bits per heavy atom. The van der Waals surface area contributed by atoms with Gasteiger partial charge in [0.05, 0.1) is 5.33 Å². The van der Waals surface area contributed by atoms with E-state index in [4.69, 9.17) is 0 Å². The highest BCUT2D eigenvalue weighted by Gasteiger charge is 2.13. The first-order valence-corrected chi connectivity index (χ1v) is 9.51. The van der Waals surface area contributed by atoms with Crippen molar-refractivity contribution in [1.29, 1.82) is 0 Å². The summed E-state index contributed by atoms with van der Waals surface area (Å²) >= 11 is 3.10. The van der Waals surface area contributed by atoms with E-state index in [1.54, 1.807) is 0 Å². The lowest BCUT2D eigenvalue weighted by Gasteiger charge is -2.13. The zero-order valence-electron chi connectivity index (χ0n) is 14.3. The fourth-order valence-electron chi connectivity index (χ4n) is 2.49. The minimum Gasteiger partial charge on any atom is -0.355 e. The van der Waals surface area contributed by atoms with Crippen LogP contribution in [-0.4, -0.2) is 23.7 Å². The van der Waals surface area contributed by atoms with Gasteiger partial charge in [-0.1, -0.05) is 65.3 Å². The van der Waals surface area contributed by atoms with Crippen molar-refractivity contribution in [3.63, 3.8) is 0 Å². The fourth-order valence-corrected chi connectivity index (χ4v) is 2.69. The second kappa shape index (κ2) is 9.99. The number of alkyl halides is 1. The lowest BCUT2D eigenvalue weighted by atomic mass is 10.0. The third-order valence-corrected chi connectivity index (χ3v) is 4.45. The standard InChI is InChI=1S/C20H23BrN2O2/c1-15(7-6-12-22-19(24)14-21)20(25)23-18-11-5-10-17(13-18)16-8-3-2-4-9-16/h2-5,8-11,13,15H,6-7,12,14H2,1H3,(H,22,24)(H,23,25). The molecular weight excluding hydrogens is 380 g/mol. The second-order valence-corrected chi connectivity index (χ2v) is 6.52. The van der Waals surface area contributed by atoms with Gasteiger partial charge in [0.1, 0.15) is 0 Å². The minimum atomic E-state index is -0.110. The van der Waals surface area contributed by atoms with E-state index in [1.807, 2.05) is 61.5 Å². The molecule has 0 bridgehead atoms. The first-order chi connectivity index (χ1) is 12.1. The van der Waals surface area contributed by atoms with Crippen LogP contribution in [0.3, 0.4) is 0 Å². The summed E-state index contributed by atoms with van der Waals surface area (Å²) in [6.45, 7) is 2.49. The summed E-state index contributed by atoms with van der Waals surface area (Å²) in [5.74, 6) is -0.145. The predicted molar refractivity (Wildman–Crippen MR) is 106 cm³/mol. The third-order valence-electron chi connectivity index (χ3n) is 3.94. The van der Waals surface area contributed by atoms with Gasteiger partial charge in [0.25, 0.3) is 0 Å². The van der Waals surface area contributed by atoms with Crippen molar-refractivity contribution >= 4 is 33.4 Å². The van der Waals surface area contributed by atoms with E-state index in [0.29, 0.717) is 11.9 Å². The Kier molecular flexibility index (Phi) is 7.67. The third kappa shape index (κ3) is 6.35. The Hall–Kier alpha value is -2.14. The van der Waals surface area contributed by atoms with Crippen LogP contribution >= 0.6 is 15.9 Å². The van der Waals surface area contributed by atoms with Crippen LogP contribution in [-0.2, 0) is 9.59 Å². The highest BCUT2D eigenvalue weighted by molar-refractivity contribution is 9.09. The number of halogens is 1. The number of hydrogen-bond donors (Lipinski definition) is 2. The molecule has 5 heteroatoms. The van der Waals surface area contributed by atoms with E-state index in [1.165, 1.54) is 0 Å². The molecule has 0 aliphatic rings. The lowest BCUT2D eigenvalue weighted by Crippen LogP contribution is -2.26. The van der Waals surface area contributed by atoms with E-state index in [2.05, 4.69) is 26.6 Å². The summed E-state index contributed by atoms with van der Waals surface area (Å²) in [5.41, 5.74) is 2.99. The molecule has 0 heterocycles. The van der Waals surface area contributed by atoms with Gasteiger partial charge < -0.3 is 10.6 Å². The first-order valence-electron chi connectivity index (χ1n) is 8.39. The molecule has 2 aromatic carbocycles. The highest BCUT2D eigenvalue weighted by atomic mass is 79.9.